The van der Waals surface area contributed by atoms with E-state index in [0.717, 1.165) is 17.7 Å². The van der Waals surface area contributed by atoms with E-state index in [9.17, 15) is 4.79 Å². The van der Waals surface area contributed by atoms with Crippen LogP contribution >= 0.6 is 0 Å². The van der Waals surface area contributed by atoms with Gasteiger partial charge in [-0.1, -0.05) is 12.1 Å². The Bertz CT molecular complexity index is 750. The average Bonchev–Trinajstić information content (AvgIpc) is 2.71. The first kappa shape index (κ1) is 22.2. The van der Waals surface area contributed by atoms with E-state index in [4.69, 9.17) is 18.9 Å². The van der Waals surface area contributed by atoms with Crippen LogP contribution in [0.3, 0.4) is 0 Å². The van der Waals surface area contributed by atoms with E-state index < -0.39 is 0 Å². The SMILES string of the molecule is CCOc1cc(NC(=O)NCCc2ccc(OC)cc2)cc(OCC)c1OCC. The fourth-order valence-corrected chi connectivity index (χ4v) is 2.75. The maximum atomic E-state index is 12.3. The summed E-state index contributed by atoms with van der Waals surface area (Å²) in [6.45, 7) is 7.62. The Labute approximate surface area is 172 Å². The van der Waals surface area contributed by atoms with E-state index in [-0.39, 0.29) is 6.03 Å². The molecule has 0 fully saturated rings. The van der Waals surface area contributed by atoms with Crippen molar-refractivity contribution in [1.82, 2.24) is 5.32 Å². The fraction of sp³-hybridized carbons (Fsp3) is 0.409. The zero-order chi connectivity index (χ0) is 21.1. The third-order valence-corrected chi connectivity index (χ3v) is 4.03. The Morgan fingerprint density at radius 1 is 0.897 bits per heavy atom. The first-order valence-corrected chi connectivity index (χ1v) is 9.85. The van der Waals surface area contributed by atoms with Gasteiger partial charge in [0.2, 0.25) is 5.75 Å². The predicted octanol–water partition coefficient (Wildman–Crippen LogP) is 4.26. The molecule has 29 heavy (non-hydrogen) atoms. The Balaban J connectivity index is 2.00. The van der Waals surface area contributed by atoms with Crippen molar-refractivity contribution >= 4 is 11.7 Å². The van der Waals surface area contributed by atoms with Gasteiger partial charge in [-0.05, 0) is 44.9 Å². The lowest BCUT2D eigenvalue weighted by molar-refractivity contribution is 0.252. The van der Waals surface area contributed by atoms with Crippen LogP contribution in [0.2, 0.25) is 0 Å². The minimum atomic E-state index is -0.299. The summed E-state index contributed by atoms with van der Waals surface area (Å²) in [7, 11) is 1.63. The van der Waals surface area contributed by atoms with Gasteiger partial charge >= 0.3 is 6.03 Å². The molecule has 0 aliphatic rings. The van der Waals surface area contributed by atoms with Crippen LogP contribution in [0.15, 0.2) is 36.4 Å². The van der Waals surface area contributed by atoms with E-state index in [1.54, 1.807) is 19.2 Å². The predicted molar refractivity (Wildman–Crippen MR) is 114 cm³/mol. The Morgan fingerprint density at radius 2 is 1.48 bits per heavy atom. The quantitative estimate of drug-likeness (QED) is 0.587. The maximum Gasteiger partial charge on any atom is 0.319 e. The molecule has 0 aliphatic heterocycles. The van der Waals surface area contributed by atoms with Gasteiger partial charge in [0.1, 0.15) is 5.75 Å². The molecule has 0 aromatic heterocycles. The molecule has 0 heterocycles. The summed E-state index contributed by atoms with van der Waals surface area (Å²) in [5, 5.41) is 5.68. The molecule has 2 amide bonds. The van der Waals surface area contributed by atoms with Gasteiger partial charge in [0.15, 0.2) is 11.5 Å². The number of carbonyl (C=O) groups excluding carboxylic acids is 1. The van der Waals surface area contributed by atoms with Crippen LogP contribution in [0, 0.1) is 0 Å². The van der Waals surface area contributed by atoms with Crippen molar-refractivity contribution in [3.05, 3.63) is 42.0 Å². The molecule has 0 spiro atoms. The second-order valence-corrected chi connectivity index (χ2v) is 6.08. The van der Waals surface area contributed by atoms with Crippen LogP contribution in [0.5, 0.6) is 23.0 Å². The molecular formula is C22H30N2O5. The highest BCUT2D eigenvalue weighted by atomic mass is 16.5. The highest BCUT2D eigenvalue weighted by molar-refractivity contribution is 5.90. The zero-order valence-corrected chi connectivity index (χ0v) is 17.5. The van der Waals surface area contributed by atoms with Crippen molar-refractivity contribution in [3.63, 3.8) is 0 Å². The highest BCUT2D eigenvalue weighted by Gasteiger charge is 2.16. The first-order valence-electron chi connectivity index (χ1n) is 9.85. The van der Waals surface area contributed by atoms with Crippen molar-refractivity contribution in [1.29, 1.82) is 0 Å². The Morgan fingerprint density at radius 3 is 2.00 bits per heavy atom. The second-order valence-electron chi connectivity index (χ2n) is 6.08. The van der Waals surface area contributed by atoms with Gasteiger partial charge in [0.25, 0.3) is 0 Å². The van der Waals surface area contributed by atoms with Crippen LogP contribution in [-0.4, -0.2) is 39.5 Å². The Kier molecular flexibility index (Phi) is 8.95. The minimum absolute atomic E-state index is 0.299. The van der Waals surface area contributed by atoms with E-state index in [0.29, 0.717) is 49.3 Å². The van der Waals surface area contributed by atoms with Crippen molar-refractivity contribution in [2.45, 2.75) is 27.2 Å². The van der Waals surface area contributed by atoms with Gasteiger partial charge in [-0.15, -0.1) is 0 Å². The number of hydrogen-bond donors (Lipinski definition) is 2. The normalized spacial score (nSPS) is 10.2. The molecule has 7 heteroatoms. The topological polar surface area (TPSA) is 78.1 Å². The molecule has 2 aromatic rings. The second kappa shape index (κ2) is 11.7. The number of hydrogen-bond acceptors (Lipinski definition) is 5. The monoisotopic (exact) mass is 402 g/mol. The first-order chi connectivity index (χ1) is 14.1. The summed E-state index contributed by atoms with van der Waals surface area (Å²) in [6, 6.07) is 10.9. The molecule has 2 aromatic carbocycles. The molecular weight excluding hydrogens is 372 g/mol. The molecule has 0 unspecified atom stereocenters. The van der Waals surface area contributed by atoms with E-state index in [2.05, 4.69) is 10.6 Å². The highest BCUT2D eigenvalue weighted by Crippen LogP contribution is 2.40. The van der Waals surface area contributed by atoms with E-state index >= 15 is 0 Å². The lowest BCUT2D eigenvalue weighted by Crippen LogP contribution is -2.30. The van der Waals surface area contributed by atoms with Crippen LogP contribution in [0.4, 0.5) is 10.5 Å². The minimum Gasteiger partial charge on any atom is -0.497 e. The van der Waals surface area contributed by atoms with Gasteiger partial charge in [0, 0.05) is 18.7 Å². The van der Waals surface area contributed by atoms with E-state index in [1.807, 2.05) is 45.0 Å². The fourth-order valence-electron chi connectivity index (χ4n) is 2.75. The average molecular weight is 402 g/mol. The van der Waals surface area contributed by atoms with Gasteiger partial charge in [-0.25, -0.2) is 4.79 Å². The summed E-state index contributed by atoms with van der Waals surface area (Å²) in [6.07, 6.45) is 0.717. The van der Waals surface area contributed by atoms with Gasteiger partial charge in [-0.2, -0.15) is 0 Å². The summed E-state index contributed by atoms with van der Waals surface area (Å²) in [5.74, 6) is 2.43. The van der Waals surface area contributed by atoms with Crippen LogP contribution in [-0.2, 0) is 6.42 Å². The smallest absolute Gasteiger partial charge is 0.319 e. The molecule has 2 rings (SSSR count). The summed E-state index contributed by atoms with van der Waals surface area (Å²) in [5.41, 5.74) is 1.69. The van der Waals surface area contributed by atoms with Crippen molar-refractivity contribution < 1.29 is 23.7 Å². The van der Waals surface area contributed by atoms with Gasteiger partial charge < -0.3 is 29.6 Å². The summed E-state index contributed by atoms with van der Waals surface area (Å²) >= 11 is 0. The van der Waals surface area contributed by atoms with Gasteiger partial charge in [-0.3, -0.25) is 0 Å². The number of carbonyl (C=O) groups is 1. The lowest BCUT2D eigenvalue weighted by atomic mass is 10.1. The number of ether oxygens (including phenoxy) is 4. The number of urea groups is 1. The Hall–Kier alpha value is -3.09. The molecule has 0 radical (unpaired) electrons. The maximum absolute atomic E-state index is 12.3. The molecule has 0 saturated carbocycles. The zero-order valence-electron chi connectivity index (χ0n) is 17.5. The van der Waals surface area contributed by atoms with Crippen LogP contribution in [0.25, 0.3) is 0 Å². The standard InChI is InChI=1S/C22H30N2O5/c1-5-27-19-14-17(15-20(28-6-2)21(19)29-7-3)24-22(25)23-13-12-16-8-10-18(26-4)11-9-16/h8-11,14-15H,5-7,12-13H2,1-4H3,(H2,23,24,25). The molecule has 2 N–H and O–H groups in total. The lowest BCUT2D eigenvalue weighted by Gasteiger charge is -2.17. The number of methoxy groups -OCH3 is 1. The number of anilines is 1. The molecule has 0 aliphatic carbocycles. The molecule has 0 atom stereocenters. The van der Waals surface area contributed by atoms with Crippen LogP contribution < -0.4 is 29.6 Å². The third kappa shape index (κ3) is 6.78. The summed E-state index contributed by atoms with van der Waals surface area (Å²) < 4.78 is 22.2. The molecule has 0 bridgehead atoms. The largest absolute Gasteiger partial charge is 0.497 e. The van der Waals surface area contributed by atoms with E-state index in [1.165, 1.54) is 0 Å². The number of rotatable bonds is 11. The van der Waals surface area contributed by atoms with Crippen molar-refractivity contribution in [2.24, 2.45) is 0 Å². The number of nitrogens with one attached hydrogen (secondary N) is 2. The number of amides is 2. The van der Waals surface area contributed by atoms with Crippen molar-refractivity contribution in [2.75, 3.05) is 38.8 Å². The molecule has 7 nitrogen and oxygen atoms in total. The number of benzene rings is 2. The summed E-state index contributed by atoms with van der Waals surface area (Å²) in [4.78, 5) is 12.3. The van der Waals surface area contributed by atoms with Crippen molar-refractivity contribution in [3.8, 4) is 23.0 Å². The third-order valence-electron chi connectivity index (χ3n) is 4.03. The van der Waals surface area contributed by atoms with Gasteiger partial charge in [0.05, 0.1) is 32.6 Å². The molecule has 0 saturated heterocycles. The van der Waals surface area contributed by atoms with Crippen LogP contribution in [0.1, 0.15) is 26.3 Å². The molecule has 158 valence electrons.